The number of rotatable bonds is 3. The minimum atomic E-state index is -1.19. The summed E-state index contributed by atoms with van der Waals surface area (Å²) in [6, 6.07) is 6.32. The van der Waals surface area contributed by atoms with E-state index in [4.69, 9.17) is 23.2 Å². The molecule has 0 bridgehead atoms. The molecule has 0 fully saturated rings. The maximum atomic E-state index is 11.6. The Kier molecular flexibility index (Phi) is 4.44. The van der Waals surface area contributed by atoms with E-state index in [1.54, 1.807) is 31.2 Å². The number of hydrogen-bond donors (Lipinski definition) is 2. The highest BCUT2D eigenvalue weighted by atomic mass is 35.5. The molecule has 22 heavy (non-hydrogen) atoms. The van der Waals surface area contributed by atoms with E-state index in [0.717, 1.165) is 0 Å². The minimum absolute atomic E-state index is 0.00112. The molecule has 0 saturated heterocycles. The number of carboxylic acid groups (broad SMARTS) is 2. The lowest BCUT2D eigenvalue weighted by atomic mass is 9.89. The fourth-order valence-corrected chi connectivity index (χ4v) is 2.78. The molecule has 0 unspecified atom stereocenters. The first-order valence-electron chi connectivity index (χ1n) is 6.30. The van der Waals surface area contributed by atoms with E-state index >= 15 is 0 Å². The Morgan fingerprint density at radius 2 is 1.50 bits per heavy atom. The predicted molar refractivity (Wildman–Crippen MR) is 85.3 cm³/mol. The van der Waals surface area contributed by atoms with E-state index in [0.29, 0.717) is 26.7 Å². The molecule has 0 spiro atoms. The highest BCUT2D eigenvalue weighted by Crippen LogP contribution is 2.34. The van der Waals surface area contributed by atoms with Gasteiger partial charge in [0, 0.05) is 0 Å². The Balaban J connectivity index is 2.83. The average Bonchev–Trinajstić information content (AvgIpc) is 2.40. The number of hydrogen-bond acceptors (Lipinski definition) is 2. The molecule has 6 heteroatoms. The molecule has 2 rings (SSSR count). The van der Waals surface area contributed by atoms with Crippen LogP contribution in [0.4, 0.5) is 0 Å². The van der Waals surface area contributed by atoms with Gasteiger partial charge < -0.3 is 10.2 Å². The lowest BCUT2D eigenvalue weighted by Gasteiger charge is -2.15. The second-order valence-electron chi connectivity index (χ2n) is 4.86. The van der Waals surface area contributed by atoms with Crippen molar-refractivity contribution in [1.82, 2.24) is 0 Å². The minimum Gasteiger partial charge on any atom is -0.478 e. The van der Waals surface area contributed by atoms with E-state index in [1.165, 1.54) is 6.92 Å². The van der Waals surface area contributed by atoms with Crippen LogP contribution in [0.25, 0.3) is 11.1 Å². The Hall–Kier alpha value is -2.04. The third-order valence-electron chi connectivity index (χ3n) is 3.43. The number of carbonyl (C=O) groups is 2. The summed E-state index contributed by atoms with van der Waals surface area (Å²) in [5.74, 6) is -2.35. The van der Waals surface area contributed by atoms with Crippen LogP contribution >= 0.6 is 23.2 Å². The number of aryl methyl sites for hydroxylation is 1. The second-order valence-corrected chi connectivity index (χ2v) is 5.67. The van der Waals surface area contributed by atoms with Crippen LogP contribution in [0.2, 0.25) is 10.0 Å². The molecule has 0 heterocycles. The fourth-order valence-electron chi connectivity index (χ4n) is 2.48. The highest BCUT2D eigenvalue weighted by Gasteiger charge is 2.23. The van der Waals surface area contributed by atoms with Gasteiger partial charge in [-0.25, -0.2) is 9.59 Å². The summed E-state index contributed by atoms with van der Waals surface area (Å²) >= 11 is 11.9. The summed E-state index contributed by atoms with van der Waals surface area (Å²) in [5.41, 5.74) is 1.61. The second kappa shape index (κ2) is 5.99. The van der Waals surface area contributed by atoms with Crippen molar-refractivity contribution < 1.29 is 19.8 Å². The number of benzene rings is 2. The molecule has 4 nitrogen and oxygen atoms in total. The zero-order valence-corrected chi connectivity index (χ0v) is 13.3. The molecule has 0 saturated carbocycles. The monoisotopic (exact) mass is 338 g/mol. The molecule has 0 atom stereocenters. The summed E-state index contributed by atoms with van der Waals surface area (Å²) in [7, 11) is 0. The summed E-state index contributed by atoms with van der Waals surface area (Å²) in [6.07, 6.45) is 0. The largest absolute Gasteiger partial charge is 0.478 e. The maximum Gasteiger partial charge on any atom is 0.336 e. The van der Waals surface area contributed by atoms with Crippen LogP contribution in [-0.2, 0) is 0 Å². The van der Waals surface area contributed by atoms with Crippen molar-refractivity contribution >= 4 is 35.1 Å². The maximum absolute atomic E-state index is 11.6. The van der Waals surface area contributed by atoms with Crippen molar-refractivity contribution in [2.45, 2.75) is 13.8 Å². The number of carboxylic acids is 2. The van der Waals surface area contributed by atoms with Gasteiger partial charge in [-0.2, -0.15) is 0 Å². The van der Waals surface area contributed by atoms with Crippen LogP contribution in [0.5, 0.6) is 0 Å². The Morgan fingerprint density at radius 3 is 2.00 bits per heavy atom. The van der Waals surface area contributed by atoms with Gasteiger partial charge in [-0.1, -0.05) is 29.3 Å². The number of aromatic carboxylic acids is 2. The van der Waals surface area contributed by atoms with Gasteiger partial charge in [0.05, 0.1) is 21.2 Å². The zero-order valence-electron chi connectivity index (χ0n) is 11.8. The third-order valence-corrected chi connectivity index (χ3v) is 4.17. The highest BCUT2D eigenvalue weighted by molar-refractivity contribution is 6.42. The molecule has 0 aliphatic heterocycles. The van der Waals surface area contributed by atoms with Gasteiger partial charge in [-0.15, -0.1) is 0 Å². The van der Waals surface area contributed by atoms with Crippen LogP contribution in [0, 0.1) is 13.8 Å². The summed E-state index contributed by atoms with van der Waals surface area (Å²) < 4.78 is 0. The van der Waals surface area contributed by atoms with Crippen LogP contribution in [0.15, 0.2) is 24.3 Å². The van der Waals surface area contributed by atoms with Crippen molar-refractivity contribution in [3.63, 3.8) is 0 Å². The first-order chi connectivity index (χ1) is 10.2. The Morgan fingerprint density at radius 1 is 0.909 bits per heavy atom. The molecule has 2 aromatic carbocycles. The lowest BCUT2D eigenvalue weighted by Crippen LogP contribution is -2.11. The van der Waals surface area contributed by atoms with Gasteiger partial charge in [0.2, 0.25) is 0 Å². The van der Waals surface area contributed by atoms with Crippen LogP contribution in [0.3, 0.4) is 0 Å². The number of halogens is 2. The van der Waals surface area contributed by atoms with Gasteiger partial charge in [0.15, 0.2) is 0 Å². The van der Waals surface area contributed by atoms with E-state index in [1.807, 2.05) is 0 Å². The summed E-state index contributed by atoms with van der Waals surface area (Å²) in [6.45, 7) is 3.12. The van der Waals surface area contributed by atoms with Crippen molar-refractivity contribution in [2.24, 2.45) is 0 Å². The van der Waals surface area contributed by atoms with Crippen LogP contribution in [-0.4, -0.2) is 22.2 Å². The lowest BCUT2D eigenvalue weighted by molar-refractivity contribution is 0.0695. The first kappa shape index (κ1) is 16.3. The van der Waals surface area contributed by atoms with Crippen LogP contribution in [0.1, 0.15) is 31.8 Å². The predicted octanol–water partition coefficient (Wildman–Crippen LogP) is 4.67. The van der Waals surface area contributed by atoms with E-state index < -0.39 is 11.9 Å². The molecule has 0 amide bonds. The molecular formula is C16H12Cl2O4. The summed E-state index contributed by atoms with van der Waals surface area (Å²) in [4.78, 5) is 22.9. The van der Waals surface area contributed by atoms with Crippen molar-refractivity contribution in [2.75, 3.05) is 0 Å². The first-order valence-corrected chi connectivity index (χ1v) is 7.05. The molecule has 0 aromatic heterocycles. The van der Waals surface area contributed by atoms with Crippen LogP contribution < -0.4 is 0 Å². The molecule has 0 aliphatic rings. The molecule has 2 N–H and O–H groups in total. The van der Waals surface area contributed by atoms with Gasteiger partial charge in [0.1, 0.15) is 0 Å². The van der Waals surface area contributed by atoms with E-state index in [2.05, 4.69) is 0 Å². The van der Waals surface area contributed by atoms with E-state index in [9.17, 15) is 19.8 Å². The molecule has 2 aromatic rings. The smallest absolute Gasteiger partial charge is 0.336 e. The average molecular weight is 339 g/mol. The molecule has 0 radical (unpaired) electrons. The molecule has 114 valence electrons. The van der Waals surface area contributed by atoms with Gasteiger partial charge in [-0.05, 0) is 54.3 Å². The van der Waals surface area contributed by atoms with Gasteiger partial charge in [0.25, 0.3) is 0 Å². The fraction of sp³-hybridized carbons (Fsp3) is 0.125. The molecular weight excluding hydrogens is 327 g/mol. The molecule has 0 aliphatic carbocycles. The van der Waals surface area contributed by atoms with Crippen molar-refractivity contribution in [3.05, 3.63) is 56.6 Å². The third kappa shape index (κ3) is 2.80. The zero-order chi connectivity index (χ0) is 16.6. The standard InChI is InChI=1S/C16H12Cl2O4/c1-7-5-10(9-3-4-11(17)12(18)6-9)14(16(21)22)8(2)13(7)15(19)20/h3-6H,1-2H3,(H,19,20)(H,21,22). The topological polar surface area (TPSA) is 74.6 Å². The van der Waals surface area contributed by atoms with Crippen molar-refractivity contribution in [3.8, 4) is 11.1 Å². The van der Waals surface area contributed by atoms with Gasteiger partial charge >= 0.3 is 11.9 Å². The van der Waals surface area contributed by atoms with E-state index in [-0.39, 0.29) is 16.7 Å². The van der Waals surface area contributed by atoms with Crippen molar-refractivity contribution in [1.29, 1.82) is 0 Å². The van der Waals surface area contributed by atoms with Gasteiger partial charge in [-0.3, -0.25) is 0 Å². The Bertz CT molecular complexity index is 797. The Labute approximate surface area is 136 Å². The summed E-state index contributed by atoms with van der Waals surface area (Å²) in [5, 5.41) is 19.4. The normalized spacial score (nSPS) is 10.5. The quantitative estimate of drug-likeness (QED) is 0.852. The SMILES string of the molecule is Cc1cc(-c2ccc(Cl)c(Cl)c2)c(C(=O)O)c(C)c1C(=O)O.